The molecule has 68 valence electrons. The van der Waals surface area contributed by atoms with Crippen LogP contribution in [0.2, 0.25) is 0 Å². The molecule has 1 rings (SSSR count). The summed E-state index contributed by atoms with van der Waals surface area (Å²) in [5.41, 5.74) is 13.6. The first kappa shape index (κ1) is 9.28. The zero-order valence-electron chi connectivity index (χ0n) is 6.54. The number of hydrogen-bond donors (Lipinski definition) is 3. The highest BCUT2D eigenvalue weighted by atomic mass is 16.3. The van der Waals surface area contributed by atoms with Crippen molar-refractivity contribution in [3.63, 3.8) is 0 Å². The highest BCUT2D eigenvalue weighted by Gasteiger charge is 2.32. The van der Waals surface area contributed by atoms with Gasteiger partial charge in [-0.15, -0.1) is 0 Å². The van der Waals surface area contributed by atoms with Crippen LogP contribution in [0.1, 0.15) is 12.8 Å². The summed E-state index contributed by atoms with van der Waals surface area (Å²) in [6, 6.07) is -0.949. The summed E-state index contributed by atoms with van der Waals surface area (Å²) < 4.78 is 0. The van der Waals surface area contributed by atoms with Crippen molar-refractivity contribution in [1.29, 1.82) is 0 Å². The zero-order chi connectivity index (χ0) is 9.14. The van der Waals surface area contributed by atoms with Crippen molar-refractivity contribution in [2.75, 3.05) is 0 Å². The summed E-state index contributed by atoms with van der Waals surface area (Å²) in [6.07, 6.45) is -0.875. The van der Waals surface area contributed by atoms with E-state index in [4.69, 9.17) is 11.3 Å². The van der Waals surface area contributed by atoms with Crippen molar-refractivity contribution in [3.8, 4) is 0 Å². The van der Waals surface area contributed by atoms with Crippen LogP contribution < -0.4 is 5.73 Å². The smallest absolute Gasteiger partial charge is 0.0697 e. The number of azide groups is 1. The molecule has 0 aliphatic heterocycles. The molecule has 0 aromatic heterocycles. The van der Waals surface area contributed by atoms with Crippen LogP contribution in [0.25, 0.3) is 10.4 Å². The number of aliphatic hydroxyl groups excluding tert-OH is 2. The van der Waals surface area contributed by atoms with E-state index in [9.17, 15) is 10.2 Å². The number of nitrogens with two attached hydrogens (primary N) is 1. The summed E-state index contributed by atoms with van der Waals surface area (Å²) in [7, 11) is 0. The van der Waals surface area contributed by atoms with E-state index in [1.807, 2.05) is 0 Å². The van der Waals surface area contributed by atoms with E-state index < -0.39 is 24.3 Å². The molecule has 1 saturated carbocycles. The fourth-order valence-electron chi connectivity index (χ4n) is 1.36. The minimum Gasteiger partial charge on any atom is -0.393 e. The normalized spacial score (nSPS) is 41.9. The highest BCUT2D eigenvalue weighted by molar-refractivity contribution is 4.91. The molecule has 0 heterocycles. The molecule has 0 saturated heterocycles. The monoisotopic (exact) mass is 172 g/mol. The Hall–Kier alpha value is -0.810. The average Bonchev–Trinajstić information content (AvgIpc) is 2.01. The lowest BCUT2D eigenvalue weighted by molar-refractivity contribution is 0.0230. The van der Waals surface area contributed by atoms with E-state index in [1.165, 1.54) is 0 Å². The van der Waals surface area contributed by atoms with Crippen LogP contribution in [0.4, 0.5) is 0 Å². The topological polar surface area (TPSA) is 115 Å². The Morgan fingerprint density at radius 2 is 2.00 bits per heavy atom. The quantitative estimate of drug-likeness (QED) is 0.281. The molecule has 0 amide bonds. The number of nitrogens with zero attached hydrogens (tertiary/aromatic N) is 3. The highest BCUT2D eigenvalue weighted by Crippen LogP contribution is 2.21. The Labute approximate surface area is 69.6 Å². The molecule has 0 unspecified atom stereocenters. The van der Waals surface area contributed by atoms with Crippen molar-refractivity contribution in [3.05, 3.63) is 10.4 Å². The Kier molecular flexibility index (Phi) is 2.88. The molecular formula is C6H12N4O2. The van der Waals surface area contributed by atoms with Gasteiger partial charge < -0.3 is 15.9 Å². The third-order valence-electron chi connectivity index (χ3n) is 2.13. The molecule has 0 bridgehead atoms. The maximum absolute atomic E-state index is 9.33. The van der Waals surface area contributed by atoms with Crippen molar-refractivity contribution >= 4 is 0 Å². The van der Waals surface area contributed by atoms with E-state index in [0.29, 0.717) is 0 Å². The van der Waals surface area contributed by atoms with E-state index in [-0.39, 0.29) is 12.8 Å². The van der Waals surface area contributed by atoms with Crippen molar-refractivity contribution in [2.24, 2.45) is 10.8 Å². The summed E-state index contributed by atoms with van der Waals surface area (Å²) in [6.45, 7) is 0. The maximum atomic E-state index is 9.33. The van der Waals surface area contributed by atoms with Crippen LogP contribution in [-0.4, -0.2) is 34.5 Å². The van der Waals surface area contributed by atoms with Crippen molar-refractivity contribution in [1.82, 2.24) is 0 Å². The maximum Gasteiger partial charge on any atom is 0.0697 e. The lowest BCUT2D eigenvalue weighted by atomic mass is 9.87. The van der Waals surface area contributed by atoms with Gasteiger partial charge in [-0.1, -0.05) is 5.11 Å². The van der Waals surface area contributed by atoms with E-state index in [0.717, 1.165) is 0 Å². The molecule has 4 atom stereocenters. The molecule has 12 heavy (non-hydrogen) atoms. The van der Waals surface area contributed by atoms with Gasteiger partial charge in [0.15, 0.2) is 0 Å². The fourth-order valence-corrected chi connectivity index (χ4v) is 1.36. The van der Waals surface area contributed by atoms with Gasteiger partial charge in [0.05, 0.1) is 18.2 Å². The average molecular weight is 172 g/mol. The molecule has 4 N–H and O–H groups in total. The molecule has 1 aliphatic carbocycles. The first-order valence-electron chi connectivity index (χ1n) is 3.81. The Morgan fingerprint density at radius 3 is 2.58 bits per heavy atom. The summed E-state index contributed by atoms with van der Waals surface area (Å²) >= 11 is 0. The number of hydrogen-bond acceptors (Lipinski definition) is 4. The molecule has 0 radical (unpaired) electrons. The van der Waals surface area contributed by atoms with Gasteiger partial charge >= 0.3 is 0 Å². The van der Waals surface area contributed by atoms with Gasteiger partial charge in [0.2, 0.25) is 0 Å². The molecule has 1 aliphatic rings. The third-order valence-corrected chi connectivity index (χ3v) is 2.13. The van der Waals surface area contributed by atoms with Crippen molar-refractivity contribution in [2.45, 2.75) is 37.1 Å². The Morgan fingerprint density at radius 1 is 1.33 bits per heavy atom. The molecule has 6 nitrogen and oxygen atoms in total. The van der Waals surface area contributed by atoms with Crippen LogP contribution in [0.5, 0.6) is 0 Å². The van der Waals surface area contributed by atoms with Gasteiger partial charge in [-0.05, 0) is 18.4 Å². The molecule has 0 spiro atoms. The Balaban J connectivity index is 2.61. The standard InChI is InChI=1S/C6H12N4O2/c7-3-1-6(12)4(9-10-8)2-5(3)11/h3-6,11-12H,1-2,7H2/t3-,4-,5-,6-/m1/s1. The fraction of sp³-hybridized carbons (Fsp3) is 1.00. The molecular weight excluding hydrogens is 160 g/mol. The second-order valence-electron chi connectivity index (χ2n) is 3.04. The summed E-state index contributed by atoms with van der Waals surface area (Å²) in [4.78, 5) is 2.58. The third kappa shape index (κ3) is 1.86. The van der Waals surface area contributed by atoms with Gasteiger partial charge in [0.1, 0.15) is 0 Å². The largest absolute Gasteiger partial charge is 0.393 e. The van der Waals surface area contributed by atoms with E-state index >= 15 is 0 Å². The lowest BCUT2D eigenvalue weighted by Gasteiger charge is -2.32. The first-order chi connectivity index (χ1) is 5.65. The Bertz CT molecular complexity index is 204. The molecule has 0 aromatic rings. The molecule has 6 heteroatoms. The van der Waals surface area contributed by atoms with Gasteiger partial charge in [-0.25, -0.2) is 0 Å². The van der Waals surface area contributed by atoms with Gasteiger partial charge in [0, 0.05) is 11.0 Å². The SMILES string of the molecule is [N-]=[N+]=N[C@@H]1C[C@@H](O)[C@H](N)C[C@H]1O. The van der Waals surface area contributed by atoms with Crippen LogP contribution in [-0.2, 0) is 0 Å². The van der Waals surface area contributed by atoms with E-state index in [2.05, 4.69) is 10.0 Å². The molecule has 1 fully saturated rings. The van der Waals surface area contributed by atoms with Crippen LogP contribution in [0, 0.1) is 0 Å². The van der Waals surface area contributed by atoms with Gasteiger partial charge in [-0.3, -0.25) is 0 Å². The van der Waals surface area contributed by atoms with Crippen LogP contribution in [0.15, 0.2) is 5.11 Å². The second kappa shape index (κ2) is 3.73. The summed E-state index contributed by atoms with van der Waals surface area (Å²) in [5, 5.41) is 22.0. The molecule has 0 aromatic carbocycles. The minimum atomic E-state index is -0.723. The predicted octanol–water partition coefficient (Wildman–Crippen LogP) is -0.492. The zero-order valence-corrected chi connectivity index (χ0v) is 6.54. The minimum absolute atomic E-state index is 0.242. The second-order valence-corrected chi connectivity index (χ2v) is 3.04. The van der Waals surface area contributed by atoms with E-state index in [1.54, 1.807) is 0 Å². The van der Waals surface area contributed by atoms with Gasteiger partial charge in [0.25, 0.3) is 0 Å². The van der Waals surface area contributed by atoms with Gasteiger partial charge in [-0.2, -0.15) is 0 Å². The number of aliphatic hydroxyl groups is 2. The van der Waals surface area contributed by atoms with Crippen LogP contribution >= 0.6 is 0 Å². The summed E-state index contributed by atoms with van der Waals surface area (Å²) in [5.74, 6) is 0. The van der Waals surface area contributed by atoms with Crippen LogP contribution in [0.3, 0.4) is 0 Å². The lowest BCUT2D eigenvalue weighted by Crippen LogP contribution is -2.48. The van der Waals surface area contributed by atoms with Crippen molar-refractivity contribution < 1.29 is 10.2 Å². The predicted molar refractivity (Wildman–Crippen MR) is 42.2 cm³/mol. The number of rotatable bonds is 1. The first-order valence-corrected chi connectivity index (χ1v) is 3.81.